The predicted molar refractivity (Wildman–Crippen MR) is 73.0 cm³/mol. The molecule has 4 N–H and O–H groups in total. The minimum absolute atomic E-state index is 0.174. The smallest absolute Gasteiger partial charge is 0.239 e. The zero-order valence-corrected chi connectivity index (χ0v) is 11.4. The van der Waals surface area contributed by atoms with E-state index in [9.17, 15) is 0 Å². The SMILES string of the molecule is CC(Cc1ccco1)Nc1nc(NN)ncc1Br. The fraction of sp³-hybridized carbons (Fsp3) is 0.273. The molecule has 0 aliphatic heterocycles. The van der Waals surface area contributed by atoms with Crippen molar-refractivity contribution in [3.05, 3.63) is 34.8 Å². The molecule has 2 heterocycles. The molecule has 2 aromatic heterocycles. The van der Waals surface area contributed by atoms with Gasteiger partial charge in [0.05, 0.1) is 10.7 Å². The summed E-state index contributed by atoms with van der Waals surface area (Å²) < 4.78 is 6.09. The number of hydrogen-bond donors (Lipinski definition) is 3. The molecule has 96 valence electrons. The van der Waals surface area contributed by atoms with Gasteiger partial charge in [-0.05, 0) is 35.0 Å². The Hall–Kier alpha value is -1.60. The Balaban J connectivity index is 2.04. The fourth-order valence-corrected chi connectivity index (χ4v) is 1.86. The first-order valence-electron chi connectivity index (χ1n) is 5.47. The molecule has 18 heavy (non-hydrogen) atoms. The number of nitrogens with one attached hydrogen (secondary N) is 2. The molecule has 0 aliphatic rings. The van der Waals surface area contributed by atoms with Gasteiger partial charge in [0, 0.05) is 18.7 Å². The fourth-order valence-electron chi connectivity index (χ4n) is 1.55. The highest BCUT2D eigenvalue weighted by atomic mass is 79.9. The topological polar surface area (TPSA) is 89.0 Å². The molecule has 0 radical (unpaired) electrons. The van der Waals surface area contributed by atoms with E-state index in [1.165, 1.54) is 0 Å². The summed E-state index contributed by atoms with van der Waals surface area (Å²) in [5.41, 5.74) is 2.41. The summed E-state index contributed by atoms with van der Waals surface area (Å²) in [4.78, 5) is 8.21. The number of hydrazine groups is 1. The second-order valence-electron chi connectivity index (χ2n) is 3.86. The van der Waals surface area contributed by atoms with Crippen LogP contribution in [-0.2, 0) is 6.42 Å². The number of nitrogens with zero attached hydrogens (tertiary/aromatic N) is 2. The van der Waals surface area contributed by atoms with E-state index in [1.807, 2.05) is 19.1 Å². The standard InChI is InChI=1S/C11H14BrN5O/c1-7(5-8-3-2-4-18-8)15-10-9(12)6-14-11(16-10)17-13/h2-4,6-7H,5,13H2,1H3,(H2,14,15,16,17). The van der Waals surface area contributed by atoms with Gasteiger partial charge in [-0.1, -0.05) is 0 Å². The Morgan fingerprint density at radius 2 is 2.39 bits per heavy atom. The summed E-state index contributed by atoms with van der Waals surface area (Å²) in [5.74, 6) is 7.26. The van der Waals surface area contributed by atoms with E-state index >= 15 is 0 Å². The Kier molecular flexibility index (Phi) is 4.16. The number of nitrogens with two attached hydrogens (primary N) is 1. The van der Waals surface area contributed by atoms with Crippen molar-refractivity contribution in [1.82, 2.24) is 9.97 Å². The van der Waals surface area contributed by atoms with E-state index in [0.717, 1.165) is 16.7 Å². The molecule has 1 unspecified atom stereocenters. The lowest BCUT2D eigenvalue weighted by Crippen LogP contribution is -2.20. The first-order chi connectivity index (χ1) is 8.69. The van der Waals surface area contributed by atoms with Crippen LogP contribution >= 0.6 is 15.9 Å². The molecule has 2 rings (SSSR count). The van der Waals surface area contributed by atoms with Crippen LogP contribution in [0.25, 0.3) is 0 Å². The van der Waals surface area contributed by atoms with Crippen LogP contribution in [0.4, 0.5) is 11.8 Å². The molecule has 6 nitrogen and oxygen atoms in total. The third kappa shape index (κ3) is 3.21. The second-order valence-corrected chi connectivity index (χ2v) is 4.72. The molecule has 0 saturated carbocycles. The molecule has 1 atom stereocenters. The monoisotopic (exact) mass is 311 g/mol. The van der Waals surface area contributed by atoms with Gasteiger partial charge >= 0.3 is 0 Å². The van der Waals surface area contributed by atoms with Gasteiger partial charge in [-0.15, -0.1) is 0 Å². The summed E-state index contributed by atoms with van der Waals surface area (Å²) in [7, 11) is 0. The number of halogens is 1. The van der Waals surface area contributed by atoms with E-state index in [0.29, 0.717) is 11.8 Å². The first-order valence-corrected chi connectivity index (χ1v) is 6.26. The van der Waals surface area contributed by atoms with Crippen molar-refractivity contribution in [3.63, 3.8) is 0 Å². The van der Waals surface area contributed by atoms with Gasteiger partial charge in [-0.2, -0.15) is 4.98 Å². The van der Waals surface area contributed by atoms with Crippen molar-refractivity contribution in [1.29, 1.82) is 0 Å². The van der Waals surface area contributed by atoms with Crippen LogP contribution < -0.4 is 16.6 Å². The third-order valence-corrected chi connectivity index (χ3v) is 2.92. The van der Waals surface area contributed by atoms with Crippen LogP contribution in [0.2, 0.25) is 0 Å². The molecule has 0 spiro atoms. The molecular weight excluding hydrogens is 298 g/mol. The number of rotatable bonds is 5. The minimum Gasteiger partial charge on any atom is -0.469 e. The summed E-state index contributed by atoms with van der Waals surface area (Å²) in [5, 5.41) is 3.27. The van der Waals surface area contributed by atoms with Gasteiger partial charge in [-0.25, -0.2) is 10.8 Å². The average molecular weight is 312 g/mol. The summed E-state index contributed by atoms with van der Waals surface area (Å²) in [6, 6.07) is 3.99. The van der Waals surface area contributed by atoms with E-state index in [4.69, 9.17) is 10.3 Å². The molecule has 2 aromatic rings. The zero-order chi connectivity index (χ0) is 13.0. The third-order valence-electron chi connectivity index (χ3n) is 2.34. The van der Waals surface area contributed by atoms with Gasteiger partial charge in [0.2, 0.25) is 5.95 Å². The number of aromatic nitrogens is 2. The quantitative estimate of drug-likeness (QED) is 0.579. The molecule has 0 fully saturated rings. The van der Waals surface area contributed by atoms with Gasteiger partial charge in [0.15, 0.2) is 0 Å². The number of furan rings is 1. The van der Waals surface area contributed by atoms with Crippen molar-refractivity contribution in [2.24, 2.45) is 5.84 Å². The first kappa shape index (κ1) is 12.8. The molecule has 0 amide bonds. The van der Waals surface area contributed by atoms with Crippen LogP contribution in [-0.4, -0.2) is 16.0 Å². The molecule has 7 heteroatoms. The highest BCUT2D eigenvalue weighted by Crippen LogP contribution is 2.21. The molecule has 0 aliphatic carbocycles. The van der Waals surface area contributed by atoms with Crippen LogP contribution in [0.1, 0.15) is 12.7 Å². The average Bonchev–Trinajstić information content (AvgIpc) is 2.84. The van der Waals surface area contributed by atoms with E-state index in [1.54, 1.807) is 12.5 Å². The summed E-state index contributed by atoms with van der Waals surface area (Å²) in [6.45, 7) is 2.05. The van der Waals surface area contributed by atoms with Gasteiger partial charge < -0.3 is 9.73 Å². The molecular formula is C11H14BrN5O. The minimum atomic E-state index is 0.174. The van der Waals surface area contributed by atoms with Crippen molar-refractivity contribution < 1.29 is 4.42 Å². The lowest BCUT2D eigenvalue weighted by Gasteiger charge is -2.14. The van der Waals surface area contributed by atoms with Gasteiger partial charge in [-0.3, -0.25) is 5.43 Å². The van der Waals surface area contributed by atoms with Crippen LogP contribution in [0.15, 0.2) is 33.5 Å². The number of nitrogen functional groups attached to an aromatic ring is 1. The molecule has 0 saturated heterocycles. The van der Waals surface area contributed by atoms with Gasteiger partial charge in [0.1, 0.15) is 11.6 Å². The number of anilines is 2. The lowest BCUT2D eigenvalue weighted by molar-refractivity contribution is 0.497. The second kappa shape index (κ2) is 5.83. The van der Waals surface area contributed by atoms with E-state index in [2.05, 4.69) is 36.6 Å². The maximum atomic E-state index is 5.30. The highest BCUT2D eigenvalue weighted by molar-refractivity contribution is 9.10. The lowest BCUT2D eigenvalue weighted by atomic mass is 10.2. The van der Waals surface area contributed by atoms with Crippen molar-refractivity contribution in [2.75, 3.05) is 10.7 Å². The predicted octanol–water partition coefficient (Wildman–Crippen LogP) is 2.16. The molecule has 0 aromatic carbocycles. The zero-order valence-electron chi connectivity index (χ0n) is 9.85. The Morgan fingerprint density at radius 3 is 3.06 bits per heavy atom. The normalized spacial score (nSPS) is 12.2. The van der Waals surface area contributed by atoms with Crippen LogP contribution in [0.5, 0.6) is 0 Å². The Morgan fingerprint density at radius 1 is 1.56 bits per heavy atom. The molecule has 0 bridgehead atoms. The van der Waals surface area contributed by atoms with Crippen molar-refractivity contribution in [2.45, 2.75) is 19.4 Å². The van der Waals surface area contributed by atoms with Crippen LogP contribution in [0.3, 0.4) is 0 Å². The van der Waals surface area contributed by atoms with Gasteiger partial charge in [0.25, 0.3) is 0 Å². The number of hydrogen-bond acceptors (Lipinski definition) is 6. The van der Waals surface area contributed by atoms with Crippen LogP contribution in [0, 0.1) is 0 Å². The maximum Gasteiger partial charge on any atom is 0.239 e. The van der Waals surface area contributed by atoms with Crippen molar-refractivity contribution >= 4 is 27.7 Å². The van der Waals surface area contributed by atoms with Crippen molar-refractivity contribution in [3.8, 4) is 0 Å². The maximum absolute atomic E-state index is 5.30. The Bertz CT molecular complexity index is 502. The van der Waals surface area contributed by atoms with E-state index in [-0.39, 0.29) is 6.04 Å². The largest absolute Gasteiger partial charge is 0.469 e. The highest BCUT2D eigenvalue weighted by Gasteiger charge is 2.10. The van der Waals surface area contributed by atoms with E-state index < -0.39 is 0 Å². The summed E-state index contributed by atoms with van der Waals surface area (Å²) in [6.07, 6.45) is 4.08. The summed E-state index contributed by atoms with van der Waals surface area (Å²) >= 11 is 3.39. The Labute approximate surface area is 113 Å².